The number of fused-ring (bicyclic) bond motifs is 1. The number of nitrogens with zero attached hydrogens (tertiary/aromatic N) is 2. The van der Waals surface area contributed by atoms with E-state index in [9.17, 15) is 13.2 Å². The molecule has 168 valence electrons. The average Bonchev–Trinajstić information content (AvgIpc) is 3.28. The molecule has 8 heteroatoms. The van der Waals surface area contributed by atoms with Gasteiger partial charge in [0, 0.05) is 36.6 Å². The summed E-state index contributed by atoms with van der Waals surface area (Å²) in [5, 5.41) is 5.12. The topological polar surface area (TPSA) is 69.7 Å². The second kappa shape index (κ2) is 9.44. The number of anilines is 2. The third-order valence-corrected chi connectivity index (χ3v) is 8.81. The fraction of sp³-hybridized carbons (Fsp3) is 0.292. The molecule has 0 saturated carbocycles. The molecule has 0 radical (unpaired) electrons. The predicted molar refractivity (Wildman–Crippen MR) is 130 cm³/mol. The Morgan fingerprint density at radius 3 is 2.66 bits per heavy atom. The van der Waals surface area contributed by atoms with Crippen molar-refractivity contribution < 1.29 is 13.2 Å². The second-order valence-electron chi connectivity index (χ2n) is 7.63. The smallest absolute Gasteiger partial charge is 0.255 e. The highest BCUT2D eigenvalue weighted by Gasteiger charge is 2.23. The summed E-state index contributed by atoms with van der Waals surface area (Å²) in [6.07, 6.45) is 0.987. The van der Waals surface area contributed by atoms with Crippen LogP contribution < -0.4 is 10.2 Å². The van der Waals surface area contributed by atoms with E-state index in [4.69, 9.17) is 0 Å². The van der Waals surface area contributed by atoms with Crippen molar-refractivity contribution in [3.63, 3.8) is 0 Å². The van der Waals surface area contributed by atoms with Crippen molar-refractivity contribution >= 4 is 38.6 Å². The van der Waals surface area contributed by atoms with Crippen LogP contribution in [-0.4, -0.2) is 38.3 Å². The summed E-state index contributed by atoms with van der Waals surface area (Å²) in [7, 11) is -3.63. The zero-order valence-electron chi connectivity index (χ0n) is 18.2. The number of nitrogens with one attached hydrogen (secondary N) is 1. The highest BCUT2D eigenvalue weighted by Crippen LogP contribution is 2.32. The minimum absolute atomic E-state index is 0.128. The van der Waals surface area contributed by atoms with Crippen molar-refractivity contribution in [3.8, 4) is 0 Å². The first-order valence-corrected chi connectivity index (χ1v) is 13.1. The van der Waals surface area contributed by atoms with E-state index in [0.29, 0.717) is 24.3 Å². The van der Waals surface area contributed by atoms with Crippen LogP contribution in [0.5, 0.6) is 0 Å². The molecule has 0 saturated heterocycles. The predicted octanol–water partition coefficient (Wildman–Crippen LogP) is 4.59. The van der Waals surface area contributed by atoms with Crippen LogP contribution in [0.2, 0.25) is 0 Å². The minimum Gasteiger partial charge on any atom is -0.365 e. The van der Waals surface area contributed by atoms with E-state index < -0.39 is 10.0 Å². The largest absolute Gasteiger partial charge is 0.365 e. The van der Waals surface area contributed by atoms with Crippen molar-refractivity contribution in [2.75, 3.05) is 29.9 Å². The van der Waals surface area contributed by atoms with Crippen LogP contribution in [0.3, 0.4) is 0 Å². The average molecular weight is 470 g/mol. The molecule has 1 aliphatic heterocycles. The molecule has 1 aliphatic rings. The van der Waals surface area contributed by atoms with Crippen LogP contribution in [0.4, 0.5) is 11.4 Å². The molecule has 6 nitrogen and oxygen atoms in total. The Hall–Kier alpha value is -2.68. The third kappa shape index (κ3) is 4.44. The summed E-state index contributed by atoms with van der Waals surface area (Å²) < 4.78 is 27.1. The van der Waals surface area contributed by atoms with Gasteiger partial charge in [0.05, 0.1) is 16.3 Å². The molecule has 1 amide bonds. The summed E-state index contributed by atoms with van der Waals surface area (Å²) in [5.74, 6) is -0.331. The molecule has 0 unspecified atom stereocenters. The van der Waals surface area contributed by atoms with Gasteiger partial charge in [0.1, 0.15) is 0 Å². The number of para-hydroxylation sites is 2. The maximum Gasteiger partial charge on any atom is 0.255 e. The first-order chi connectivity index (χ1) is 15.4. The van der Waals surface area contributed by atoms with Gasteiger partial charge in [-0.2, -0.15) is 4.31 Å². The Morgan fingerprint density at radius 2 is 1.88 bits per heavy atom. The molecular formula is C24H27N3O3S2. The molecular weight excluding hydrogens is 442 g/mol. The Bertz CT molecular complexity index is 1220. The van der Waals surface area contributed by atoms with Crippen LogP contribution in [0.15, 0.2) is 64.9 Å². The lowest BCUT2D eigenvalue weighted by Gasteiger charge is -2.30. The van der Waals surface area contributed by atoms with Crippen molar-refractivity contribution in [1.82, 2.24) is 4.31 Å². The van der Waals surface area contributed by atoms with Crippen LogP contribution in [-0.2, 0) is 23.0 Å². The molecule has 1 N–H and O–H groups in total. The maximum absolute atomic E-state index is 13.1. The van der Waals surface area contributed by atoms with E-state index in [1.807, 2.05) is 24.3 Å². The van der Waals surface area contributed by atoms with Crippen LogP contribution >= 0.6 is 11.3 Å². The zero-order valence-corrected chi connectivity index (χ0v) is 19.9. The lowest BCUT2D eigenvalue weighted by atomic mass is 10.1. The Labute approximate surface area is 193 Å². The first kappa shape index (κ1) is 22.5. The van der Waals surface area contributed by atoms with E-state index in [0.717, 1.165) is 25.2 Å². The van der Waals surface area contributed by atoms with Gasteiger partial charge in [-0.05, 0) is 53.8 Å². The van der Waals surface area contributed by atoms with Gasteiger partial charge >= 0.3 is 0 Å². The van der Waals surface area contributed by atoms with E-state index in [1.54, 1.807) is 37.3 Å². The van der Waals surface area contributed by atoms with Crippen molar-refractivity contribution in [2.45, 2.75) is 31.7 Å². The van der Waals surface area contributed by atoms with Gasteiger partial charge < -0.3 is 10.2 Å². The Balaban J connectivity index is 1.57. The molecule has 0 atom stereocenters. The highest BCUT2D eigenvalue weighted by atomic mass is 32.2. The lowest BCUT2D eigenvalue weighted by Crippen LogP contribution is -2.31. The first-order valence-electron chi connectivity index (χ1n) is 10.7. The quantitative estimate of drug-likeness (QED) is 0.549. The monoisotopic (exact) mass is 469 g/mol. The van der Waals surface area contributed by atoms with Crippen molar-refractivity contribution in [2.24, 2.45) is 0 Å². The van der Waals surface area contributed by atoms with Gasteiger partial charge in [-0.1, -0.05) is 32.0 Å². The fourth-order valence-electron chi connectivity index (χ4n) is 4.01. The minimum atomic E-state index is -3.63. The molecule has 4 rings (SSSR count). The van der Waals surface area contributed by atoms with Gasteiger partial charge in [0.2, 0.25) is 10.0 Å². The number of hydrogen-bond donors (Lipinski definition) is 1. The molecule has 0 aliphatic carbocycles. The van der Waals surface area contributed by atoms with Crippen LogP contribution in [0.1, 0.15) is 34.6 Å². The second-order valence-corrected chi connectivity index (χ2v) is 10.6. The van der Waals surface area contributed by atoms with Crippen molar-refractivity contribution in [1.29, 1.82) is 0 Å². The summed E-state index contributed by atoms with van der Waals surface area (Å²) in [6, 6.07) is 16.1. The van der Waals surface area contributed by atoms with E-state index in [2.05, 4.69) is 21.7 Å². The molecule has 0 bridgehead atoms. The molecule has 0 fully saturated rings. The summed E-state index contributed by atoms with van der Waals surface area (Å²) >= 11 is 1.79. The van der Waals surface area contributed by atoms with Crippen LogP contribution in [0.25, 0.3) is 0 Å². The van der Waals surface area contributed by atoms with E-state index in [-0.39, 0.29) is 10.8 Å². The summed E-state index contributed by atoms with van der Waals surface area (Å²) in [4.78, 5) is 16.9. The molecule has 2 aromatic carbocycles. The van der Waals surface area contributed by atoms with Gasteiger partial charge in [0.25, 0.3) is 5.91 Å². The maximum atomic E-state index is 13.1. The highest BCUT2D eigenvalue weighted by molar-refractivity contribution is 7.89. The molecule has 3 aromatic rings. The fourth-order valence-corrected chi connectivity index (χ4v) is 6.41. The number of carbonyl (C=O) groups is 1. The van der Waals surface area contributed by atoms with Gasteiger partial charge in [-0.25, -0.2) is 8.42 Å². The number of carbonyl (C=O) groups excluding carboxylic acids is 1. The normalized spacial score (nSPS) is 13.8. The summed E-state index contributed by atoms with van der Waals surface area (Å²) in [6.45, 7) is 6.05. The SMILES string of the molecule is CCN(CC)S(=O)(=O)c1cccc(C(=O)Nc2ccccc2N2CCc3sccc3C2)c1. The van der Waals surface area contributed by atoms with Gasteiger partial charge in [0.15, 0.2) is 0 Å². The number of thiophene rings is 1. The van der Waals surface area contributed by atoms with Gasteiger partial charge in [-0.15, -0.1) is 11.3 Å². The number of hydrogen-bond acceptors (Lipinski definition) is 5. The Morgan fingerprint density at radius 1 is 1.09 bits per heavy atom. The van der Waals surface area contributed by atoms with Crippen LogP contribution in [0, 0.1) is 0 Å². The number of amides is 1. The summed E-state index contributed by atoms with van der Waals surface area (Å²) in [5.41, 5.74) is 3.32. The number of rotatable bonds is 7. The molecule has 1 aromatic heterocycles. The molecule has 32 heavy (non-hydrogen) atoms. The molecule has 2 heterocycles. The Kier molecular flexibility index (Phi) is 6.64. The van der Waals surface area contributed by atoms with E-state index in [1.165, 1.54) is 26.9 Å². The van der Waals surface area contributed by atoms with E-state index >= 15 is 0 Å². The lowest BCUT2D eigenvalue weighted by molar-refractivity contribution is 0.102. The number of benzene rings is 2. The standard InChI is InChI=1S/C24H27N3O3S2/c1-3-27(4-2)32(29,30)20-9-7-8-18(16-20)24(28)25-21-10-5-6-11-22(21)26-14-12-23-19(17-26)13-15-31-23/h5-11,13,15-16H,3-4,12,14,17H2,1-2H3,(H,25,28). The van der Waals surface area contributed by atoms with Crippen molar-refractivity contribution in [3.05, 3.63) is 76.0 Å². The number of sulfonamides is 1. The third-order valence-electron chi connectivity index (χ3n) is 5.74. The molecule has 0 spiro atoms. The van der Waals surface area contributed by atoms with Gasteiger partial charge in [-0.3, -0.25) is 4.79 Å². The zero-order chi connectivity index (χ0) is 22.7.